The number of Topliss-reactive ketones (excluding diaryl/α,β-unsaturated/α-hetero) is 1. The predicted molar refractivity (Wildman–Crippen MR) is 87.9 cm³/mol. The smallest absolute Gasteiger partial charge is 0.319 e. The molecule has 25 heavy (non-hydrogen) atoms. The summed E-state index contributed by atoms with van der Waals surface area (Å²) in [6.45, 7) is 2.74. The number of rotatable bonds is 2. The highest BCUT2D eigenvalue weighted by Crippen LogP contribution is 2.30. The SMILES string of the molecule is CC(=O)C(=O)Nc1ccc(C#Cc2cc(C)cc(C(F)(F)F)c2)cc1. The van der Waals surface area contributed by atoms with Crippen molar-refractivity contribution in [2.24, 2.45) is 0 Å². The Bertz CT molecular complexity index is 872. The van der Waals surface area contributed by atoms with E-state index in [9.17, 15) is 22.8 Å². The summed E-state index contributed by atoms with van der Waals surface area (Å²) in [5.41, 5.74) is 0.998. The van der Waals surface area contributed by atoms with Crippen molar-refractivity contribution in [1.82, 2.24) is 0 Å². The lowest BCUT2D eigenvalue weighted by Crippen LogP contribution is -2.19. The second kappa shape index (κ2) is 7.22. The molecule has 0 aromatic heterocycles. The first kappa shape index (κ1) is 18.3. The number of aryl methyl sites for hydroxylation is 1. The van der Waals surface area contributed by atoms with E-state index in [1.54, 1.807) is 37.3 Å². The van der Waals surface area contributed by atoms with Crippen molar-refractivity contribution in [2.75, 3.05) is 5.32 Å². The van der Waals surface area contributed by atoms with Crippen LogP contribution in [0, 0.1) is 18.8 Å². The van der Waals surface area contributed by atoms with Gasteiger partial charge in [0.05, 0.1) is 5.56 Å². The van der Waals surface area contributed by atoms with Crippen LogP contribution in [0.1, 0.15) is 29.2 Å². The minimum absolute atomic E-state index is 0.265. The lowest BCUT2D eigenvalue weighted by molar-refractivity contribution is -0.137. The number of anilines is 1. The first-order valence-electron chi connectivity index (χ1n) is 7.28. The fourth-order valence-electron chi connectivity index (χ4n) is 2.02. The zero-order valence-electron chi connectivity index (χ0n) is 13.5. The molecule has 0 aliphatic rings. The van der Waals surface area contributed by atoms with Gasteiger partial charge in [-0.3, -0.25) is 9.59 Å². The molecular formula is C19H14F3NO2. The monoisotopic (exact) mass is 345 g/mol. The Labute approximate surface area is 142 Å². The summed E-state index contributed by atoms with van der Waals surface area (Å²) in [4.78, 5) is 22.2. The molecule has 0 bridgehead atoms. The third-order valence-electron chi connectivity index (χ3n) is 3.22. The highest BCUT2D eigenvalue weighted by Gasteiger charge is 2.30. The van der Waals surface area contributed by atoms with Crippen LogP contribution in [0.4, 0.5) is 18.9 Å². The molecule has 0 saturated carbocycles. The highest BCUT2D eigenvalue weighted by atomic mass is 19.4. The van der Waals surface area contributed by atoms with Gasteiger partial charge in [-0.05, 0) is 55.0 Å². The summed E-state index contributed by atoms with van der Waals surface area (Å²) in [5.74, 6) is 4.14. The van der Waals surface area contributed by atoms with E-state index >= 15 is 0 Å². The molecule has 0 atom stereocenters. The van der Waals surface area contributed by atoms with Crippen LogP contribution < -0.4 is 5.32 Å². The molecule has 0 unspecified atom stereocenters. The van der Waals surface area contributed by atoms with Crippen LogP contribution in [0.2, 0.25) is 0 Å². The van der Waals surface area contributed by atoms with E-state index in [2.05, 4.69) is 17.2 Å². The summed E-state index contributed by atoms with van der Waals surface area (Å²) < 4.78 is 38.4. The fourth-order valence-corrected chi connectivity index (χ4v) is 2.02. The van der Waals surface area contributed by atoms with Crippen molar-refractivity contribution in [2.45, 2.75) is 20.0 Å². The summed E-state index contributed by atoms with van der Waals surface area (Å²) in [6, 6.07) is 9.96. The zero-order chi connectivity index (χ0) is 18.6. The van der Waals surface area contributed by atoms with Crippen LogP contribution in [-0.4, -0.2) is 11.7 Å². The maximum absolute atomic E-state index is 12.8. The van der Waals surface area contributed by atoms with Gasteiger partial charge >= 0.3 is 6.18 Å². The van der Waals surface area contributed by atoms with Gasteiger partial charge in [0.1, 0.15) is 0 Å². The molecule has 0 aliphatic carbocycles. The van der Waals surface area contributed by atoms with Gasteiger partial charge in [-0.25, -0.2) is 0 Å². The number of nitrogens with one attached hydrogen (secondary N) is 1. The van der Waals surface area contributed by atoms with E-state index in [-0.39, 0.29) is 5.56 Å². The number of amides is 1. The number of alkyl halides is 3. The van der Waals surface area contributed by atoms with Crippen molar-refractivity contribution in [3.8, 4) is 11.8 Å². The lowest BCUT2D eigenvalue weighted by atomic mass is 10.1. The number of carbonyl (C=O) groups excluding carboxylic acids is 2. The molecular weight excluding hydrogens is 331 g/mol. The zero-order valence-corrected chi connectivity index (χ0v) is 13.5. The molecule has 1 amide bonds. The lowest BCUT2D eigenvalue weighted by Gasteiger charge is -2.08. The van der Waals surface area contributed by atoms with E-state index < -0.39 is 23.4 Å². The van der Waals surface area contributed by atoms with Gasteiger partial charge in [-0.1, -0.05) is 11.8 Å². The molecule has 1 N–H and O–H groups in total. The van der Waals surface area contributed by atoms with E-state index in [0.29, 0.717) is 16.8 Å². The predicted octanol–water partition coefficient (Wildman–Crippen LogP) is 3.94. The van der Waals surface area contributed by atoms with Gasteiger partial charge in [0.15, 0.2) is 0 Å². The average molecular weight is 345 g/mol. The molecule has 0 aliphatic heterocycles. The van der Waals surface area contributed by atoms with E-state index in [1.807, 2.05) is 0 Å². The molecule has 6 heteroatoms. The number of hydrogen-bond acceptors (Lipinski definition) is 2. The van der Waals surface area contributed by atoms with Crippen molar-refractivity contribution in [3.63, 3.8) is 0 Å². The van der Waals surface area contributed by atoms with Crippen LogP contribution in [0.3, 0.4) is 0 Å². The quantitative estimate of drug-likeness (QED) is 0.662. The number of carbonyl (C=O) groups is 2. The van der Waals surface area contributed by atoms with Crippen LogP contribution in [0.15, 0.2) is 42.5 Å². The van der Waals surface area contributed by atoms with Crippen molar-refractivity contribution in [3.05, 3.63) is 64.7 Å². The minimum atomic E-state index is -4.42. The van der Waals surface area contributed by atoms with Crippen molar-refractivity contribution in [1.29, 1.82) is 0 Å². The maximum Gasteiger partial charge on any atom is 0.416 e. The molecule has 0 radical (unpaired) electrons. The Morgan fingerprint density at radius 1 is 0.960 bits per heavy atom. The first-order valence-corrected chi connectivity index (χ1v) is 7.28. The topological polar surface area (TPSA) is 46.2 Å². The van der Waals surface area contributed by atoms with Crippen LogP contribution >= 0.6 is 0 Å². The van der Waals surface area contributed by atoms with Crippen LogP contribution in [-0.2, 0) is 15.8 Å². The number of ketones is 1. The molecule has 0 heterocycles. The van der Waals surface area contributed by atoms with Gasteiger partial charge in [0.25, 0.3) is 5.91 Å². The summed E-state index contributed by atoms with van der Waals surface area (Å²) >= 11 is 0. The molecule has 0 fully saturated rings. The Hall–Kier alpha value is -3.07. The van der Waals surface area contributed by atoms with Gasteiger partial charge in [-0.2, -0.15) is 13.2 Å². The highest BCUT2D eigenvalue weighted by molar-refractivity contribution is 6.39. The number of halogens is 3. The largest absolute Gasteiger partial charge is 0.416 e. The summed E-state index contributed by atoms with van der Waals surface area (Å²) in [6.07, 6.45) is -4.42. The van der Waals surface area contributed by atoms with Gasteiger partial charge in [0.2, 0.25) is 5.78 Å². The van der Waals surface area contributed by atoms with Crippen LogP contribution in [0.25, 0.3) is 0 Å². The molecule has 128 valence electrons. The van der Waals surface area contributed by atoms with Gasteiger partial charge in [0, 0.05) is 23.7 Å². The van der Waals surface area contributed by atoms with E-state index in [0.717, 1.165) is 19.1 Å². The van der Waals surface area contributed by atoms with Crippen LogP contribution in [0.5, 0.6) is 0 Å². The fraction of sp³-hybridized carbons (Fsp3) is 0.158. The van der Waals surface area contributed by atoms with Gasteiger partial charge < -0.3 is 5.32 Å². The second-order valence-corrected chi connectivity index (χ2v) is 5.42. The molecule has 3 nitrogen and oxygen atoms in total. The van der Waals surface area contributed by atoms with E-state index in [4.69, 9.17) is 0 Å². The first-order chi connectivity index (χ1) is 11.6. The summed E-state index contributed by atoms with van der Waals surface area (Å²) in [5, 5.41) is 2.41. The number of benzene rings is 2. The maximum atomic E-state index is 12.8. The molecule has 2 aromatic rings. The Kier molecular flexibility index (Phi) is 5.28. The summed E-state index contributed by atoms with van der Waals surface area (Å²) in [7, 11) is 0. The Morgan fingerprint density at radius 3 is 2.12 bits per heavy atom. The average Bonchev–Trinajstić information content (AvgIpc) is 2.52. The number of hydrogen-bond donors (Lipinski definition) is 1. The molecule has 2 rings (SSSR count). The third-order valence-corrected chi connectivity index (χ3v) is 3.22. The molecule has 2 aromatic carbocycles. The normalized spacial score (nSPS) is 10.6. The van der Waals surface area contributed by atoms with Gasteiger partial charge in [-0.15, -0.1) is 0 Å². The third kappa shape index (κ3) is 5.21. The molecule has 0 spiro atoms. The van der Waals surface area contributed by atoms with Crippen molar-refractivity contribution < 1.29 is 22.8 Å². The second-order valence-electron chi connectivity index (χ2n) is 5.42. The standard InChI is InChI=1S/C19H14F3NO2/c1-12-9-15(11-16(10-12)19(20,21)22)4-3-14-5-7-17(8-6-14)23-18(25)13(2)24/h5-11H,1-2H3,(H,23,25). The van der Waals surface area contributed by atoms with E-state index in [1.165, 1.54) is 0 Å². The van der Waals surface area contributed by atoms with Crippen molar-refractivity contribution >= 4 is 17.4 Å². The molecule has 0 saturated heterocycles. The minimum Gasteiger partial charge on any atom is -0.319 e. The Balaban J connectivity index is 2.20. The Morgan fingerprint density at radius 2 is 1.56 bits per heavy atom.